The minimum Gasteiger partial charge on any atom is -0.476 e. The Morgan fingerprint density at radius 1 is 1.37 bits per heavy atom. The number of hydrogen-bond acceptors (Lipinski definition) is 3. The topological polar surface area (TPSA) is 67.1 Å². The van der Waals surface area contributed by atoms with Crippen LogP contribution >= 0.6 is 15.9 Å². The second-order valence-electron chi connectivity index (χ2n) is 4.39. The normalized spacial score (nSPS) is 14.2. The molecule has 0 spiro atoms. The maximum absolute atomic E-state index is 11.3. The molecular weight excluding hydrogens is 310 g/mol. The molecule has 1 aliphatic rings. The molecule has 0 radical (unpaired) electrons. The number of rotatable bonds is 2. The summed E-state index contributed by atoms with van der Waals surface area (Å²) in [5, 5.41) is 16.7. The van der Waals surface area contributed by atoms with E-state index in [1.807, 2.05) is 24.3 Å². The number of nitrogens with zero attached hydrogens (tertiary/aromatic N) is 2. The average Bonchev–Trinajstić information content (AvgIpc) is 2.79. The Bertz CT molecular complexity index is 634. The Kier molecular flexibility index (Phi) is 3.12. The van der Waals surface area contributed by atoms with Crippen LogP contribution < -0.4 is 5.32 Å². The average molecular weight is 322 g/mol. The molecule has 1 aromatic carbocycles. The summed E-state index contributed by atoms with van der Waals surface area (Å²) >= 11 is 3.39. The van der Waals surface area contributed by atoms with Crippen molar-refractivity contribution in [2.75, 3.05) is 6.54 Å². The van der Waals surface area contributed by atoms with E-state index in [1.54, 1.807) is 4.68 Å². The van der Waals surface area contributed by atoms with Crippen LogP contribution in [0.1, 0.15) is 21.7 Å². The third-order valence-corrected chi connectivity index (χ3v) is 3.73. The maximum Gasteiger partial charge on any atom is 0.356 e. The third kappa shape index (κ3) is 2.17. The molecule has 19 heavy (non-hydrogen) atoms. The first-order valence-electron chi connectivity index (χ1n) is 5.97. The van der Waals surface area contributed by atoms with Gasteiger partial charge in [0.05, 0.1) is 11.4 Å². The van der Waals surface area contributed by atoms with Crippen LogP contribution in [0, 0.1) is 0 Å². The van der Waals surface area contributed by atoms with Crippen molar-refractivity contribution >= 4 is 21.9 Å². The van der Waals surface area contributed by atoms with Crippen molar-refractivity contribution in [3.8, 4) is 5.69 Å². The van der Waals surface area contributed by atoms with Crippen LogP contribution in [0.2, 0.25) is 0 Å². The molecule has 1 aromatic heterocycles. The summed E-state index contributed by atoms with van der Waals surface area (Å²) in [6, 6.07) is 7.69. The van der Waals surface area contributed by atoms with E-state index in [0.717, 1.165) is 34.4 Å². The second kappa shape index (κ2) is 4.79. The molecule has 0 unspecified atom stereocenters. The SMILES string of the molecule is O=C(O)c1nn(-c2ccc(Br)cc2)c2c1CNCC2. The van der Waals surface area contributed by atoms with Crippen LogP contribution in [0.5, 0.6) is 0 Å². The lowest BCUT2D eigenvalue weighted by atomic mass is 10.1. The molecule has 3 rings (SSSR count). The largest absolute Gasteiger partial charge is 0.476 e. The van der Waals surface area contributed by atoms with Crippen molar-refractivity contribution in [3.05, 3.63) is 45.7 Å². The molecular formula is C13H12BrN3O2. The number of carboxylic acids is 1. The lowest BCUT2D eigenvalue weighted by molar-refractivity contribution is 0.0688. The van der Waals surface area contributed by atoms with Gasteiger partial charge in [-0.3, -0.25) is 0 Å². The van der Waals surface area contributed by atoms with E-state index in [9.17, 15) is 9.90 Å². The zero-order valence-corrected chi connectivity index (χ0v) is 11.6. The van der Waals surface area contributed by atoms with Crippen molar-refractivity contribution in [2.45, 2.75) is 13.0 Å². The molecule has 5 nitrogen and oxygen atoms in total. The first kappa shape index (κ1) is 12.4. The van der Waals surface area contributed by atoms with E-state index in [4.69, 9.17) is 0 Å². The summed E-state index contributed by atoms with van der Waals surface area (Å²) in [5.74, 6) is -0.976. The maximum atomic E-state index is 11.3. The van der Waals surface area contributed by atoms with E-state index in [0.29, 0.717) is 6.54 Å². The van der Waals surface area contributed by atoms with Gasteiger partial charge in [0.1, 0.15) is 0 Å². The third-order valence-electron chi connectivity index (χ3n) is 3.20. The number of carboxylic acid groups (broad SMARTS) is 1. The van der Waals surface area contributed by atoms with Crippen molar-refractivity contribution in [2.24, 2.45) is 0 Å². The molecule has 0 aliphatic carbocycles. The van der Waals surface area contributed by atoms with Crippen molar-refractivity contribution in [1.82, 2.24) is 15.1 Å². The van der Waals surface area contributed by atoms with Gasteiger partial charge in [0.15, 0.2) is 5.69 Å². The standard InChI is InChI=1S/C13H12BrN3O2/c14-8-1-3-9(4-2-8)17-11-5-6-15-7-10(11)12(16-17)13(18)19/h1-4,15H,5-7H2,(H,18,19). The van der Waals surface area contributed by atoms with Gasteiger partial charge in [-0.05, 0) is 24.3 Å². The van der Waals surface area contributed by atoms with Gasteiger partial charge in [-0.2, -0.15) is 5.10 Å². The number of hydrogen-bond donors (Lipinski definition) is 2. The Labute approximate surface area is 118 Å². The lowest BCUT2D eigenvalue weighted by Gasteiger charge is -2.15. The van der Waals surface area contributed by atoms with E-state index in [2.05, 4.69) is 26.3 Å². The number of nitrogens with one attached hydrogen (secondary N) is 1. The molecule has 2 N–H and O–H groups in total. The Hall–Kier alpha value is -1.66. The number of carbonyl (C=O) groups is 1. The summed E-state index contributed by atoms with van der Waals surface area (Å²) in [7, 11) is 0. The minimum absolute atomic E-state index is 0.144. The molecule has 98 valence electrons. The van der Waals surface area contributed by atoms with E-state index in [-0.39, 0.29) is 5.69 Å². The first-order chi connectivity index (χ1) is 9.16. The summed E-state index contributed by atoms with van der Waals surface area (Å²) in [4.78, 5) is 11.3. The smallest absolute Gasteiger partial charge is 0.356 e. The van der Waals surface area contributed by atoms with Crippen LogP contribution in [0.4, 0.5) is 0 Å². The highest BCUT2D eigenvalue weighted by atomic mass is 79.9. The van der Waals surface area contributed by atoms with E-state index < -0.39 is 5.97 Å². The van der Waals surface area contributed by atoms with Gasteiger partial charge >= 0.3 is 5.97 Å². The number of halogens is 1. The number of aromatic nitrogens is 2. The zero-order valence-electron chi connectivity index (χ0n) is 10.1. The number of fused-ring (bicyclic) bond motifs is 1. The van der Waals surface area contributed by atoms with Crippen LogP contribution in [-0.4, -0.2) is 27.4 Å². The first-order valence-corrected chi connectivity index (χ1v) is 6.77. The fourth-order valence-electron chi connectivity index (χ4n) is 2.32. The fraction of sp³-hybridized carbons (Fsp3) is 0.231. The predicted octanol–water partition coefficient (Wildman–Crippen LogP) is 1.98. The molecule has 2 heterocycles. The highest BCUT2D eigenvalue weighted by molar-refractivity contribution is 9.10. The molecule has 0 bridgehead atoms. The van der Waals surface area contributed by atoms with Gasteiger partial charge in [0.25, 0.3) is 0 Å². The summed E-state index contributed by atoms with van der Waals surface area (Å²) < 4.78 is 2.73. The monoisotopic (exact) mass is 321 g/mol. The molecule has 0 fully saturated rings. The Morgan fingerprint density at radius 3 is 2.79 bits per heavy atom. The van der Waals surface area contributed by atoms with Crippen molar-refractivity contribution in [3.63, 3.8) is 0 Å². The molecule has 0 amide bonds. The van der Waals surface area contributed by atoms with Gasteiger partial charge in [0, 0.05) is 29.5 Å². The molecule has 0 atom stereocenters. The summed E-state index contributed by atoms with van der Waals surface area (Å²) in [6.07, 6.45) is 0.783. The summed E-state index contributed by atoms with van der Waals surface area (Å²) in [6.45, 7) is 1.40. The van der Waals surface area contributed by atoms with Gasteiger partial charge in [0.2, 0.25) is 0 Å². The Balaban J connectivity index is 2.16. The lowest BCUT2D eigenvalue weighted by Crippen LogP contribution is -2.25. The highest BCUT2D eigenvalue weighted by Gasteiger charge is 2.24. The van der Waals surface area contributed by atoms with Crippen LogP contribution in [-0.2, 0) is 13.0 Å². The molecule has 6 heteroatoms. The van der Waals surface area contributed by atoms with Gasteiger partial charge in [-0.25, -0.2) is 9.48 Å². The Morgan fingerprint density at radius 2 is 2.11 bits per heavy atom. The van der Waals surface area contributed by atoms with Gasteiger partial charge in [-0.15, -0.1) is 0 Å². The number of benzene rings is 1. The molecule has 0 saturated carbocycles. The van der Waals surface area contributed by atoms with E-state index in [1.165, 1.54) is 0 Å². The molecule has 0 saturated heterocycles. The van der Waals surface area contributed by atoms with Gasteiger partial charge < -0.3 is 10.4 Å². The summed E-state index contributed by atoms with van der Waals surface area (Å²) in [5.41, 5.74) is 2.80. The highest BCUT2D eigenvalue weighted by Crippen LogP contribution is 2.23. The van der Waals surface area contributed by atoms with Crippen LogP contribution in [0.15, 0.2) is 28.7 Å². The van der Waals surface area contributed by atoms with E-state index >= 15 is 0 Å². The van der Waals surface area contributed by atoms with Crippen LogP contribution in [0.25, 0.3) is 5.69 Å². The molecule has 1 aliphatic heterocycles. The predicted molar refractivity (Wildman–Crippen MR) is 73.6 cm³/mol. The van der Waals surface area contributed by atoms with Crippen molar-refractivity contribution in [1.29, 1.82) is 0 Å². The molecule has 2 aromatic rings. The fourth-order valence-corrected chi connectivity index (χ4v) is 2.58. The van der Waals surface area contributed by atoms with Crippen LogP contribution in [0.3, 0.4) is 0 Å². The zero-order chi connectivity index (χ0) is 13.4. The number of aromatic carboxylic acids is 1. The minimum atomic E-state index is -0.976. The van der Waals surface area contributed by atoms with Crippen molar-refractivity contribution < 1.29 is 9.90 Å². The second-order valence-corrected chi connectivity index (χ2v) is 5.31. The van der Waals surface area contributed by atoms with Gasteiger partial charge in [-0.1, -0.05) is 15.9 Å². The quantitative estimate of drug-likeness (QED) is 0.887.